The predicted octanol–water partition coefficient (Wildman–Crippen LogP) is 4.56. The number of aryl methyl sites for hydroxylation is 1. The molecule has 0 spiro atoms. The molecule has 4 rings (SSSR count). The van der Waals surface area contributed by atoms with Crippen LogP contribution in [0, 0.1) is 19.7 Å². The highest BCUT2D eigenvalue weighted by Crippen LogP contribution is 2.23. The van der Waals surface area contributed by atoms with E-state index >= 15 is 0 Å². The molecule has 0 radical (unpaired) electrons. The Labute approximate surface area is 197 Å². The van der Waals surface area contributed by atoms with Crippen molar-refractivity contribution in [3.05, 3.63) is 65.2 Å². The van der Waals surface area contributed by atoms with Gasteiger partial charge in [-0.1, -0.05) is 23.9 Å². The lowest BCUT2D eigenvalue weighted by Gasteiger charge is -2.15. The van der Waals surface area contributed by atoms with Crippen LogP contribution in [0.15, 0.2) is 47.6 Å². The number of aromatic nitrogens is 3. The van der Waals surface area contributed by atoms with Gasteiger partial charge >= 0.3 is 0 Å². The van der Waals surface area contributed by atoms with Crippen LogP contribution in [0.1, 0.15) is 29.8 Å². The number of hydrogen-bond donors (Lipinski definition) is 2. The van der Waals surface area contributed by atoms with Crippen molar-refractivity contribution in [2.45, 2.75) is 51.0 Å². The van der Waals surface area contributed by atoms with Crippen LogP contribution in [0.5, 0.6) is 0 Å². The molecule has 1 atom stereocenters. The summed E-state index contributed by atoms with van der Waals surface area (Å²) in [6.45, 7) is 5.84. The molecule has 0 unspecified atom stereocenters. The molecule has 2 N–H and O–H groups in total. The zero-order valence-electron chi connectivity index (χ0n) is 18.8. The summed E-state index contributed by atoms with van der Waals surface area (Å²) in [7, 11) is 0. The van der Waals surface area contributed by atoms with Crippen molar-refractivity contribution < 1.29 is 13.9 Å². The maximum atomic E-state index is 13.2. The van der Waals surface area contributed by atoms with Gasteiger partial charge < -0.3 is 19.9 Å². The van der Waals surface area contributed by atoms with Gasteiger partial charge in [0.2, 0.25) is 5.91 Å². The van der Waals surface area contributed by atoms with E-state index in [4.69, 9.17) is 4.74 Å². The van der Waals surface area contributed by atoms with Crippen molar-refractivity contribution in [1.82, 2.24) is 14.8 Å². The SMILES string of the molecule is Cc1cccc(NC(=O)CSc2nnc(CNc3ccc(F)cc3)n2C[C@@H]2CCCO2)c1C. The summed E-state index contributed by atoms with van der Waals surface area (Å²) in [5, 5.41) is 15.6. The van der Waals surface area contributed by atoms with Gasteiger partial charge in [0.25, 0.3) is 0 Å². The Kier molecular flexibility index (Phi) is 7.61. The number of thioether (sulfide) groups is 1. The smallest absolute Gasteiger partial charge is 0.234 e. The second-order valence-corrected chi connectivity index (χ2v) is 9.03. The number of halogens is 1. The van der Waals surface area contributed by atoms with Gasteiger partial charge in [0.15, 0.2) is 11.0 Å². The van der Waals surface area contributed by atoms with Gasteiger partial charge in [0.05, 0.1) is 24.9 Å². The average Bonchev–Trinajstić information content (AvgIpc) is 3.46. The molecular weight excluding hydrogens is 441 g/mol. The van der Waals surface area contributed by atoms with Gasteiger partial charge in [-0.3, -0.25) is 4.79 Å². The van der Waals surface area contributed by atoms with Crippen LogP contribution < -0.4 is 10.6 Å². The summed E-state index contributed by atoms with van der Waals surface area (Å²) in [6, 6.07) is 12.1. The minimum Gasteiger partial charge on any atom is -0.378 e. The van der Waals surface area contributed by atoms with Gasteiger partial charge in [0, 0.05) is 18.0 Å². The first-order valence-electron chi connectivity index (χ1n) is 11.0. The van der Waals surface area contributed by atoms with Crippen molar-refractivity contribution >= 4 is 29.0 Å². The maximum Gasteiger partial charge on any atom is 0.234 e. The standard InChI is InChI=1S/C24H28FN5O2S/c1-16-5-3-7-21(17(16)2)27-23(31)15-33-24-29-28-22(30(24)14-20-6-4-12-32-20)13-26-19-10-8-18(25)9-11-19/h3,5,7-11,20,26H,4,6,12-15H2,1-2H3,(H,27,31)/t20-/m0/s1. The Bertz CT molecular complexity index is 1100. The average molecular weight is 470 g/mol. The Balaban J connectivity index is 1.42. The zero-order chi connectivity index (χ0) is 23.2. The van der Waals surface area contributed by atoms with E-state index in [9.17, 15) is 9.18 Å². The fourth-order valence-electron chi connectivity index (χ4n) is 3.68. The number of carbonyl (C=O) groups excluding carboxylic acids is 1. The quantitative estimate of drug-likeness (QED) is 0.448. The largest absolute Gasteiger partial charge is 0.378 e. The summed E-state index contributed by atoms with van der Waals surface area (Å²) in [5.41, 5.74) is 3.82. The van der Waals surface area contributed by atoms with E-state index < -0.39 is 0 Å². The van der Waals surface area contributed by atoms with E-state index in [0.29, 0.717) is 18.2 Å². The van der Waals surface area contributed by atoms with Gasteiger partial charge in [0.1, 0.15) is 5.82 Å². The van der Waals surface area contributed by atoms with Crippen molar-refractivity contribution in [2.24, 2.45) is 0 Å². The Morgan fingerprint density at radius 2 is 2.03 bits per heavy atom. The van der Waals surface area contributed by atoms with E-state index in [1.54, 1.807) is 12.1 Å². The molecule has 33 heavy (non-hydrogen) atoms. The number of ether oxygens (including phenoxy) is 1. The van der Waals surface area contributed by atoms with Crippen LogP contribution in [0.4, 0.5) is 15.8 Å². The molecule has 1 saturated heterocycles. The molecule has 0 bridgehead atoms. The highest BCUT2D eigenvalue weighted by molar-refractivity contribution is 7.99. The third kappa shape index (κ3) is 6.11. The zero-order valence-corrected chi connectivity index (χ0v) is 19.6. The lowest BCUT2D eigenvalue weighted by Crippen LogP contribution is -2.20. The van der Waals surface area contributed by atoms with Gasteiger partial charge in [-0.15, -0.1) is 10.2 Å². The number of anilines is 2. The minimum absolute atomic E-state index is 0.0913. The number of carbonyl (C=O) groups is 1. The van der Waals surface area contributed by atoms with Crippen LogP contribution in [0.2, 0.25) is 0 Å². The first kappa shape index (κ1) is 23.3. The molecule has 1 amide bonds. The summed E-state index contributed by atoms with van der Waals surface area (Å²) in [5.74, 6) is 0.598. The molecule has 9 heteroatoms. The van der Waals surface area contributed by atoms with Crippen molar-refractivity contribution in [3.8, 4) is 0 Å². The highest BCUT2D eigenvalue weighted by atomic mass is 32.2. The Morgan fingerprint density at radius 1 is 1.21 bits per heavy atom. The number of amides is 1. The third-order valence-corrected chi connectivity index (χ3v) is 6.68. The van der Waals surface area contributed by atoms with Crippen LogP contribution in [0.3, 0.4) is 0 Å². The monoisotopic (exact) mass is 469 g/mol. The molecule has 1 aliphatic rings. The van der Waals surface area contributed by atoms with Crippen LogP contribution in [-0.2, 0) is 22.6 Å². The van der Waals surface area contributed by atoms with Crippen LogP contribution in [-0.4, -0.2) is 39.1 Å². The minimum atomic E-state index is -0.278. The molecule has 0 saturated carbocycles. The maximum absolute atomic E-state index is 13.2. The van der Waals surface area contributed by atoms with Crippen molar-refractivity contribution in [1.29, 1.82) is 0 Å². The van der Waals surface area contributed by atoms with Crippen LogP contribution >= 0.6 is 11.8 Å². The molecule has 0 aliphatic carbocycles. The second-order valence-electron chi connectivity index (χ2n) is 8.09. The fourth-order valence-corrected chi connectivity index (χ4v) is 4.45. The summed E-state index contributed by atoms with van der Waals surface area (Å²) in [6.07, 6.45) is 2.13. The molecule has 3 aromatic rings. The van der Waals surface area contributed by atoms with Crippen molar-refractivity contribution in [2.75, 3.05) is 23.0 Å². The van der Waals surface area contributed by atoms with Gasteiger partial charge in [-0.2, -0.15) is 0 Å². The third-order valence-electron chi connectivity index (χ3n) is 5.71. The van der Waals surface area contributed by atoms with E-state index in [0.717, 1.165) is 47.8 Å². The van der Waals surface area contributed by atoms with E-state index in [1.807, 2.05) is 36.6 Å². The molecule has 1 aliphatic heterocycles. The first-order valence-corrected chi connectivity index (χ1v) is 12.0. The number of benzene rings is 2. The Hall–Kier alpha value is -2.91. The lowest BCUT2D eigenvalue weighted by molar-refractivity contribution is -0.113. The first-order chi connectivity index (χ1) is 16.0. The normalized spacial score (nSPS) is 15.5. The van der Waals surface area contributed by atoms with Gasteiger partial charge in [-0.05, 0) is 68.1 Å². The number of rotatable bonds is 9. The molecular formula is C24H28FN5O2S. The fraction of sp³-hybridized carbons (Fsp3) is 0.375. The molecule has 1 fully saturated rings. The highest BCUT2D eigenvalue weighted by Gasteiger charge is 2.21. The second kappa shape index (κ2) is 10.8. The van der Waals surface area contributed by atoms with Crippen LogP contribution in [0.25, 0.3) is 0 Å². The van der Waals surface area contributed by atoms with Gasteiger partial charge in [-0.25, -0.2) is 4.39 Å². The number of nitrogens with one attached hydrogen (secondary N) is 2. The summed E-state index contributed by atoms with van der Waals surface area (Å²) >= 11 is 1.36. The molecule has 2 heterocycles. The van der Waals surface area contributed by atoms with E-state index in [-0.39, 0.29) is 23.6 Å². The van der Waals surface area contributed by atoms with Crippen molar-refractivity contribution in [3.63, 3.8) is 0 Å². The molecule has 7 nitrogen and oxygen atoms in total. The number of hydrogen-bond acceptors (Lipinski definition) is 6. The molecule has 174 valence electrons. The summed E-state index contributed by atoms with van der Waals surface area (Å²) < 4.78 is 21.0. The predicted molar refractivity (Wildman–Crippen MR) is 128 cm³/mol. The Morgan fingerprint density at radius 3 is 2.79 bits per heavy atom. The molecule has 2 aromatic carbocycles. The lowest BCUT2D eigenvalue weighted by atomic mass is 10.1. The molecule has 1 aromatic heterocycles. The van der Waals surface area contributed by atoms with E-state index in [1.165, 1.54) is 23.9 Å². The van der Waals surface area contributed by atoms with E-state index in [2.05, 4.69) is 20.8 Å². The summed E-state index contributed by atoms with van der Waals surface area (Å²) in [4.78, 5) is 12.6. The number of nitrogens with zero attached hydrogens (tertiary/aromatic N) is 3. The topological polar surface area (TPSA) is 81.1 Å².